The van der Waals surface area contributed by atoms with Gasteiger partial charge in [-0.2, -0.15) is 0 Å². The molecule has 2 bridgehead atoms. The normalized spacial score (nSPS) is 40.1. The third-order valence-corrected chi connectivity index (χ3v) is 11.5. The summed E-state index contributed by atoms with van der Waals surface area (Å²) in [5.41, 5.74) is 2.86. The average molecular weight is 524 g/mol. The number of amides is 3. The Morgan fingerprint density at radius 3 is 2.74 bits per heavy atom. The van der Waals surface area contributed by atoms with Crippen molar-refractivity contribution in [2.24, 2.45) is 11.3 Å². The summed E-state index contributed by atoms with van der Waals surface area (Å²) >= 11 is 0. The Hall–Kier alpha value is -2.99. The lowest BCUT2D eigenvalue weighted by Gasteiger charge is -2.54. The molecule has 6 atom stereocenters. The fourth-order valence-electron chi connectivity index (χ4n) is 9.58. The molecule has 1 unspecified atom stereocenters. The maximum atomic E-state index is 13.1. The van der Waals surface area contributed by atoms with E-state index < -0.39 is 5.54 Å². The Balaban J connectivity index is 1.13. The van der Waals surface area contributed by atoms with Crippen LogP contribution in [0.1, 0.15) is 83.6 Å². The van der Waals surface area contributed by atoms with E-state index in [1.54, 1.807) is 13.8 Å². The molecule has 1 aromatic carbocycles. The topological polar surface area (TPSA) is 71.5 Å². The maximum Gasteiger partial charge on any atom is 0.325 e. The van der Waals surface area contributed by atoms with E-state index in [4.69, 9.17) is 4.74 Å². The zero-order valence-corrected chi connectivity index (χ0v) is 23.1. The number of hydrogen-bond acceptors (Lipinski definition) is 4. The minimum Gasteiger partial charge on any atom is -0.359 e. The Morgan fingerprint density at radius 2 is 1.92 bits per heavy atom. The molecule has 6 aliphatic rings. The fourth-order valence-corrected chi connectivity index (χ4v) is 9.58. The number of rotatable bonds is 2. The molecule has 2 saturated carbocycles. The largest absolute Gasteiger partial charge is 0.359 e. The van der Waals surface area contributed by atoms with Gasteiger partial charge in [0.2, 0.25) is 0 Å². The highest BCUT2D eigenvalue weighted by Gasteiger charge is 2.67. The van der Waals surface area contributed by atoms with Crippen LogP contribution in [0.15, 0.2) is 60.0 Å². The van der Waals surface area contributed by atoms with Gasteiger partial charge in [-0.1, -0.05) is 31.2 Å². The van der Waals surface area contributed by atoms with Crippen LogP contribution in [0.25, 0.3) is 10.8 Å². The van der Waals surface area contributed by atoms with Crippen LogP contribution in [-0.2, 0) is 9.53 Å². The minimum absolute atomic E-state index is 0.111. The van der Waals surface area contributed by atoms with Gasteiger partial charge >= 0.3 is 6.03 Å². The van der Waals surface area contributed by atoms with Crippen LogP contribution in [0.4, 0.5) is 4.79 Å². The first kappa shape index (κ1) is 23.9. The van der Waals surface area contributed by atoms with Gasteiger partial charge in [-0.15, -0.1) is 0 Å². The lowest BCUT2D eigenvalue weighted by atomic mass is 9.58. The smallest absolute Gasteiger partial charge is 0.325 e. The third kappa shape index (κ3) is 3.04. The van der Waals surface area contributed by atoms with Crippen LogP contribution < -0.4 is 5.32 Å². The quantitative estimate of drug-likeness (QED) is 0.478. The number of nitrogens with one attached hydrogen (secondary N) is 1. The van der Waals surface area contributed by atoms with Crippen LogP contribution in [-0.4, -0.2) is 44.6 Å². The van der Waals surface area contributed by atoms with Crippen LogP contribution in [0.5, 0.6) is 0 Å². The highest BCUT2D eigenvalue weighted by atomic mass is 16.5. The number of allylic oxidation sites excluding steroid dienone is 1. The van der Waals surface area contributed by atoms with Crippen molar-refractivity contribution in [3.05, 3.63) is 65.5 Å². The summed E-state index contributed by atoms with van der Waals surface area (Å²) < 4.78 is 7.41. The van der Waals surface area contributed by atoms with Crippen molar-refractivity contribution < 1.29 is 14.3 Å². The van der Waals surface area contributed by atoms with Gasteiger partial charge in [0, 0.05) is 30.2 Å². The lowest BCUT2D eigenvalue weighted by molar-refractivity contribution is -0.145. The third-order valence-electron chi connectivity index (χ3n) is 11.5. The summed E-state index contributed by atoms with van der Waals surface area (Å²) in [6.45, 7) is 6.09. The Labute approximate surface area is 229 Å². The van der Waals surface area contributed by atoms with E-state index in [1.807, 2.05) is 12.4 Å². The average Bonchev–Trinajstić information content (AvgIpc) is 3.49. The number of nitrogens with zero attached hydrogens (tertiary/aromatic N) is 2. The van der Waals surface area contributed by atoms with Gasteiger partial charge < -0.3 is 10.1 Å². The summed E-state index contributed by atoms with van der Waals surface area (Å²) in [7, 11) is 0. The van der Waals surface area contributed by atoms with Crippen molar-refractivity contribution in [2.75, 3.05) is 0 Å². The predicted octanol–water partition coefficient (Wildman–Crippen LogP) is 6.18. The molecule has 3 aliphatic carbocycles. The molecule has 1 N–H and O–H groups in total. The van der Waals surface area contributed by atoms with Crippen LogP contribution in [0.3, 0.4) is 0 Å². The molecular weight excluding hydrogens is 486 g/mol. The fraction of sp³-hybridized carbons (Fsp3) is 0.545. The van der Waals surface area contributed by atoms with Crippen molar-refractivity contribution >= 4 is 22.7 Å². The van der Waals surface area contributed by atoms with Gasteiger partial charge in [0.05, 0.1) is 11.2 Å². The second-order valence-electron chi connectivity index (χ2n) is 13.8. The van der Waals surface area contributed by atoms with Gasteiger partial charge in [-0.3, -0.25) is 14.7 Å². The first-order valence-electron chi connectivity index (χ1n) is 14.8. The maximum absolute atomic E-state index is 13.1. The number of hydrogen-bond donors (Lipinski definition) is 1. The molecule has 39 heavy (non-hydrogen) atoms. The predicted molar refractivity (Wildman–Crippen MR) is 149 cm³/mol. The van der Waals surface area contributed by atoms with E-state index in [1.165, 1.54) is 38.8 Å². The molecule has 6 nitrogen and oxygen atoms in total. The van der Waals surface area contributed by atoms with Crippen molar-refractivity contribution in [1.29, 1.82) is 0 Å². The highest BCUT2D eigenvalue weighted by molar-refractivity contribution is 6.06. The molecule has 3 amide bonds. The Bertz CT molecular complexity index is 1510. The number of imide groups is 1. The summed E-state index contributed by atoms with van der Waals surface area (Å²) in [6.07, 6.45) is 16.6. The number of urea groups is 1. The molecule has 1 aromatic heterocycles. The summed E-state index contributed by atoms with van der Waals surface area (Å²) in [4.78, 5) is 31.9. The molecule has 0 radical (unpaired) electrons. The Morgan fingerprint density at radius 1 is 1.05 bits per heavy atom. The van der Waals surface area contributed by atoms with Crippen molar-refractivity contribution in [2.45, 2.75) is 101 Å². The monoisotopic (exact) mass is 523 g/mol. The SMILES string of the molecule is CC1(C)NC(=O)N(C2CCC3=CC4=CC[C@]5(C)[C@@H](c6ccc7ccncc7c6)CC[C@H]5[C@@]45CC[C@]3(C2)O5)C1=O. The van der Waals surface area contributed by atoms with Gasteiger partial charge in [0.1, 0.15) is 5.54 Å². The minimum atomic E-state index is -0.839. The Kier molecular flexibility index (Phi) is 4.65. The van der Waals surface area contributed by atoms with Crippen LogP contribution in [0, 0.1) is 11.3 Å². The van der Waals surface area contributed by atoms with E-state index in [0.29, 0.717) is 18.3 Å². The lowest BCUT2D eigenvalue weighted by Crippen LogP contribution is -2.56. The van der Waals surface area contributed by atoms with Crippen LogP contribution >= 0.6 is 0 Å². The van der Waals surface area contributed by atoms with Gasteiger partial charge in [-0.05, 0) is 110 Å². The zero-order valence-electron chi connectivity index (χ0n) is 23.1. The van der Waals surface area contributed by atoms with Gasteiger partial charge in [0.15, 0.2) is 0 Å². The number of carbonyl (C=O) groups excluding carboxylic acids is 2. The molecule has 2 aromatic rings. The van der Waals surface area contributed by atoms with Crippen LogP contribution in [0.2, 0.25) is 0 Å². The first-order valence-corrected chi connectivity index (χ1v) is 14.8. The molecule has 6 heteroatoms. The summed E-state index contributed by atoms with van der Waals surface area (Å²) in [5.74, 6) is 0.824. The molecule has 202 valence electrons. The zero-order chi connectivity index (χ0) is 26.8. The van der Waals surface area contributed by atoms with E-state index in [9.17, 15) is 9.59 Å². The molecule has 4 heterocycles. The first-order chi connectivity index (χ1) is 18.7. The molecule has 2 saturated heterocycles. The molecule has 8 rings (SSSR count). The number of carbonyl (C=O) groups is 2. The highest BCUT2D eigenvalue weighted by Crippen LogP contribution is 2.69. The summed E-state index contributed by atoms with van der Waals surface area (Å²) in [5, 5.41) is 5.34. The van der Waals surface area contributed by atoms with Gasteiger partial charge in [-0.25, -0.2) is 4.79 Å². The van der Waals surface area contributed by atoms with Crippen molar-refractivity contribution in [3.63, 3.8) is 0 Å². The van der Waals surface area contributed by atoms with E-state index in [0.717, 1.165) is 38.5 Å². The standard InChI is InChI=1S/C33H37N3O3/c1-30(2)28(37)36(29(38)35-30)25-7-6-23-17-24-10-12-31(3)26(21-5-4-20-11-15-34-19-22(20)16-21)8-9-27(31)33(24)14-13-32(23,18-25)39-33/h4-5,10-11,15-17,19,25-27H,6-9,12-14,18H2,1-3H3,(H,35,38)/t25?,26-,27-,31-,32-,33-/m1/s1. The number of ether oxygens (including phenoxy) is 1. The second-order valence-corrected chi connectivity index (χ2v) is 13.8. The molecule has 4 fully saturated rings. The molecule has 2 spiro atoms. The van der Waals surface area contributed by atoms with E-state index in [-0.39, 0.29) is 34.6 Å². The van der Waals surface area contributed by atoms with Crippen molar-refractivity contribution in [3.8, 4) is 0 Å². The number of benzene rings is 1. The molecule has 3 aliphatic heterocycles. The van der Waals surface area contributed by atoms with E-state index >= 15 is 0 Å². The number of pyridine rings is 1. The van der Waals surface area contributed by atoms with Crippen molar-refractivity contribution in [1.82, 2.24) is 15.2 Å². The second kappa shape index (κ2) is 7.60. The number of aromatic nitrogens is 1. The van der Waals surface area contributed by atoms with E-state index in [2.05, 4.69) is 53.6 Å². The van der Waals surface area contributed by atoms with Gasteiger partial charge in [0.25, 0.3) is 5.91 Å². The molecular formula is C33H37N3O3. The summed E-state index contributed by atoms with van der Waals surface area (Å²) in [6, 6.07) is 8.66. The number of fused-ring (bicyclic) bond motifs is 2.